The van der Waals surface area contributed by atoms with Gasteiger partial charge >= 0.3 is 0 Å². The van der Waals surface area contributed by atoms with Gasteiger partial charge in [0.25, 0.3) is 11.8 Å². The summed E-state index contributed by atoms with van der Waals surface area (Å²) in [5.41, 5.74) is 6.84. The molecule has 0 fully saturated rings. The zero-order valence-corrected chi connectivity index (χ0v) is 26.9. The van der Waals surface area contributed by atoms with E-state index in [1.807, 2.05) is 47.8 Å². The molecule has 5 rings (SSSR count). The van der Waals surface area contributed by atoms with Gasteiger partial charge in [-0.05, 0) is 76.7 Å². The van der Waals surface area contributed by atoms with E-state index in [1.165, 1.54) is 24.7 Å². The Kier molecular flexibility index (Phi) is 10.4. The lowest BCUT2D eigenvalue weighted by Crippen LogP contribution is -2.21. The fraction of sp³-hybridized carbons (Fsp3) is 0.0625. The predicted molar refractivity (Wildman–Crippen MR) is 184 cm³/mol. The number of benzene rings is 4. The fourth-order valence-corrected chi connectivity index (χ4v) is 5.68. The molecule has 44 heavy (non-hydrogen) atoms. The minimum atomic E-state index is -0.367. The number of rotatable bonds is 11. The number of anilines is 3. The molecular weight excluding hydrogens is 713 g/mol. The molecule has 0 unspecified atom stereocenters. The Morgan fingerprint density at radius 2 is 1.77 bits per heavy atom. The highest BCUT2D eigenvalue weighted by Gasteiger charge is 2.14. The monoisotopic (exact) mass is 737 g/mol. The number of amides is 2. The molecule has 4 aromatic carbocycles. The topological polar surface area (TPSA) is 114 Å². The van der Waals surface area contributed by atoms with E-state index in [0.717, 1.165) is 22.1 Å². The summed E-state index contributed by atoms with van der Waals surface area (Å²) in [7, 11) is 1.50. The molecule has 0 bridgehead atoms. The average molecular weight is 738 g/mol. The number of hydrogen-bond donors (Lipinski definition) is 3. The molecule has 0 aliphatic heterocycles. The summed E-state index contributed by atoms with van der Waals surface area (Å²) in [6.45, 7) is -0.242. The highest BCUT2D eigenvalue weighted by molar-refractivity contribution is 14.1. The number of carbonyl (C=O) groups is 2. The Bertz CT molecular complexity index is 1800. The third kappa shape index (κ3) is 8.13. The summed E-state index contributed by atoms with van der Waals surface area (Å²) < 4.78 is 11.9. The van der Waals surface area contributed by atoms with Crippen LogP contribution in [0.1, 0.15) is 15.9 Å². The van der Waals surface area contributed by atoms with Gasteiger partial charge in [-0.25, -0.2) is 10.4 Å². The van der Waals surface area contributed by atoms with Crippen molar-refractivity contribution in [1.29, 1.82) is 0 Å². The Morgan fingerprint density at radius 1 is 1.02 bits per heavy atom. The molecule has 0 saturated carbocycles. The van der Waals surface area contributed by atoms with Gasteiger partial charge in [0.2, 0.25) is 0 Å². The lowest BCUT2D eigenvalue weighted by atomic mass is 10.1. The number of hydrogen-bond acceptors (Lipinski definition) is 8. The van der Waals surface area contributed by atoms with Crippen molar-refractivity contribution in [2.75, 3.05) is 24.4 Å². The highest BCUT2D eigenvalue weighted by Crippen LogP contribution is 2.34. The van der Waals surface area contributed by atoms with Crippen molar-refractivity contribution in [3.8, 4) is 22.8 Å². The molecule has 3 N–H and O–H groups in total. The second kappa shape index (κ2) is 14.8. The molecule has 2 amide bonds. The van der Waals surface area contributed by atoms with Crippen LogP contribution < -0.4 is 25.5 Å². The maximum atomic E-state index is 12.7. The van der Waals surface area contributed by atoms with Crippen molar-refractivity contribution in [3.05, 3.63) is 116 Å². The third-order valence-corrected chi connectivity index (χ3v) is 7.99. The smallest absolute Gasteiger partial charge is 0.271 e. The van der Waals surface area contributed by atoms with Crippen molar-refractivity contribution in [1.82, 2.24) is 10.4 Å². The summed E-state index contributed by atoms with van der Waals surface area (Å²) in [4.78, 5) is 29.7. The average Bonchev–Trinajstić information content (AvgIpc) is 3.50. The molecule has 12 heteroatoms. The summed E-state index contributed by atoms with van der Waals surface area (Å²) in [5.74, 6) is 0.0964. The van der Waals surface area contributed by atoms with Gasteiger partial charge in [-0.2, -0.15) is 5.10 Å². The molecule has 0 saturated heterocycles. The van der Waals surface area contributed by atoms with Crippen LogP contribution in [0.3, 0.4) is 0 Å². The standard InChI is InChI=1S/C32H25ClIN5O4S/c1-42-28-16-20(15-25(34)30(28)43-18-29(40)37-26-10-6-5-9-24(26)33)17-35-39-31(41)22-13-11-21(12-14-22)27-19-44-32(38-27)36-23-7-3-2-4-8-23/h2-17,19H,18H2,1H3,(H,36,38)(H,37,40)(H,39,41)/b35-17+. The third-order valence-electron chi connectivity index (χ3n) is 6.10. The molecule has 0 aliphatic carbocycles. The molecule has 1 heterocycles. The minimum Gasteiger partial charge on any atom is -0.493 e. The van der Waals surface area contributed by atoms with Crippen LogP contribution in [0.25, 0.3) is 11.3 Å². The quantitative estimate of drug-likeness (QED) is 0.0731. The number of nitrogens with zero attached hydrogens (tertiary/aromatic N) is 2. The number of aromatic nitrogens is 1. The molecule has 1 aromatic heterocycles. The first-order valence-electron chi connectivity index (χ1n) is 13.2. The van der Waals surface area contributed by atoms with Crippen LogP contribution in [0.15, 0.2) is 101 Å². The van der Waals surface area contributed by atoms with Gasteiger partial charge in [-0.15, -0.1) is 11.3 Å². The van der Waals surface area contributed by atoms with E-state index in [2.05, 4.69) is 48.7 Å². The number of hydrazone groups is 1. The largest absolute Gasteiger partial charge is 0.493 e. The van der Waals surface area contributed by atoms with Crippen LogP contribution in [0.4, 0.5) is 16.5 Å². The Morgan fingerprint density at radius 3 is 2.52 bits per heavy atom. The van der Waals surface area contributed by atoms with Gasteiger partial charge in [0.1, 0.15) is 0 Å². The molecular formula is C32H25ClIN5O4S. The number of halogens is 2. The number of methoxy groups -OCH3 is 1. The number of thiazole rings is 1. The van der Waals surface area contributed by atoms with Crippen molar-refractivity contribution in [2.45, 2.75) is 0 Å². The second-order valence-electron chi connectivity index (χ2n) is 9.16. The molecule has 0 aliphatic rings. The number of para-hydroxylation sites is 2. The minimum absolute atomic E-state index is 0.242. The van der Waals surface area contributed by atoms with Gasteiger partial charge in [0, 0.05) is 22.2 Å². The summed E-state index contributed by atoms with van der Waals surface area (Å²) in [6.07, 6.45) is 1.50. The van der Waals surface area contributed by atoms with Crippen molar-refractivity contribution in [2.24, 2.45) is 5.10 Å². The van der Waals surface area contributed by atoms with Gasteiger partial charge in [0.05, 0.1) is 33.3 Å². The lowest BCUT2D eigenvalue weighted by Gasteiger charge is -2.14. The van der Waals surface area contributed by atoms with Crippen molar-refractivity contribution >= 4 is 80.1 Å². The lowest BCUT2D eigenvalue weighted by molar-refractivity contribution is -0.118. The van der Waals surface area contributed by atoms with E-state index >= 15 is 0 Å². The van der Waals surface area contributed by atoms with Crippen LogP contribution >= 0.6 is 45.5 Å². The van der Waals surface area contributed by atoms with Crippen LogP contribution in [0.2, 0.25) is 5.02 Å². The Hall–Kier alpha value is -4.46. The van der Waals surface area contributed by atoms with Gasteiger partial charge < -0.3 is 20.1 Å². The first-order chi connectivity index (χ1) is 21.4. The summed E-state index contributed by atoms with van der Waals surface area (Å²) >= 11 is 9.70. The van der Waals surface area contributed by atoms with Crippen LogP contribution in [-0.2, 0) is 4.79 Å². The summed E-state index contributed by atoms with van der Waals surface area (Å²) in [6, 6.07) is 27.4. The van der Waals surface area contributed by atoms with E-state index in [1.54, 1.807) is 48.5 Å². The Labute approximate surface area is 276 Å². The van der Waals surface area contributed by atoms with Gasteiger partial charge in [-0.3, -0.25) is 9.59 Å². The zero-order chi connectivity index (χ0) is 30.9. The van der Waals surface area contributed by atoms with E-state index in [4.69, 9.17) is 21.1 Å². The van der Waals surface area contributed by atoms with Gasteiger partial charge in [0.15, 0.2) is 23.2 Å². The van der Waals surface area contributed by atoms with Gasteiger partial charge in [-0.1, -0.05) is 54.1 Å². The van der Waals surface area contributed by atoms with E-state index in [9.17, 15) is 9.59 Å². The van der Waals surface area contributed by atoms with Crippen molar-refractivity contribution in [3.63, 3.8) is 0 Å². The fourth-order valence-electron chi connectivity index (χ4n) is 3.97. The predicted octanol–water partition coefficient (Wildman–Crippen LogP) is 7.60. The van der Waals surface area contributed by atoms with Crippen LogP contribution in [-0.4, -0.2) is 36.7 Å². The number of carbonyl (C=O) groups excluding carboxylic acids is 2. The number of nitrogens with one attached hydrogen (secondary N) is 3. The second-order valence-corrected chi connectivity index (χ2v) is 11.6. The van der Waals surface area contributed by atoms with Crippen LogP contribution in [0, 0.1) is 3.57 Å². The maximum Gasteiger partial charge on any atom is 0.271 e. The number of ether oxygens (including phenoxy) is 2. The zero-order valence-electron chi connectivity index (χ0n) is 23.2. The molecule has 0 radical (unpaired) electrons. The first kappa shape index (κ1) is 31.0. The molecule has 222 valence electrons. The highest BCUT2D eigenvalue weighted by atomic mass is 127. The van der Waals surface area contributed by atoms with E-state index in [-0.39, 0.29) is 18.4 Å². The summed E-state index contributed by atoms with van der Waals surface area (Å²) in [5, 5.41) is 13.3. The Balaban J connectivity index is 1.16. The first-order valence-corrected chi connectivity index (χ1v) is 15.5. The van der Waals surface area contributed by atoms with E-state index in [0.29, 0.717) is 36.9 Å². The SMILES string of the molecule is COc1cc(/C=N/NC(=O)c2ccc(-c3csc(Nc4ccccc4)n3)cc2)cc(I)c1OCC(=O)Nc1ccccc1Cl. The molecule has 5 aromatic rings. The van der Waals surface area contributed by atoms with Crippen molar-refractivity contribution < 1.29 is 19.1 Å². The maximum absolute atomic E-state index is 12.7. The molecule has 0 spiro atoms. The normalized spacial score (nSPS) is 10.8. The van der Waals surface area contributed by atoms with Crippen LogP contribution in [0.5, 0.6) is 11.5 Å². The molecule has 9 nitrogen and oxygen atoms in total. The van der Waals surface area contributed by atoms with E-state index < -0.39 is 0 Å². The molecule has 0 atom stereocenters.